The molecule has 2 atom stereocenters. The van der Waals surface area contributed by atoms with Gasteiger partial charge in [0.05, 0.1) is 17.1 Å². The molecule has 1 aromatic heterocycles. The van der Waals surface area contributed by atoms with E-state index in [1.54, 1.807) is 11.8 Å². The third kappa shape index (κ3) is 5.09. The number of rotatable bonds is 6. The number of hydrogen-bond donors (Lipinski definition) is 0. The van der Waals surface area contributed by atoms with Crippen LogP contribution in [0.3, 0.4) is 0 Å². The third-order valence-electron chi connectivity index (χ3n) is 8.36. The largest absolute Gasteiger partial charge is 0.360 e. The highest BCUT2D eigenvalue weighted by Crippen LogP contribution is 2.58. The van der Waals surface area contributed by atoms with Crippen molar-refractivity contribution in [3.05, 3.63) is 167 Å². The molecule has 8 rings (SSSR count). The van der Waals surface area contributed by atoms with Crippen LogP contribution in [0.25, 0.3) is 5.69 Å². The molecule has 0 radical (unpaired) electrons. The van der Waals surface area contributed by atoms with Crippen molar-refractivity contribution < 1.29 is 4.84 Å². The van der Waals surface area contributed by atoms with E-state index in [1.807, 2.05) is 48.2 Å². The van der Waals surface area contributed by atoms with Gasteiger partial charge in [0.25, 0.3) is 0 Å². The number of para-hydroxylation sites is 2. The molecule has 3 heterocycles. The predicted molar refractivity (Wildman–Crippen MR) is 188 cm³/mol. The van der Waals surface area contributed by atoms with Gasteiger partial charge in [0.2, 0.25) is 5.72 Å². The number of aromatic nitrogens is 2. The standard InChI is InChI=1S/C38H29ClN4OS2/c1-26-35(37(45-31-17-9-4-10-18-31)43(40-26)30-15-7-3-8-16-30)34-25-38(28-13-5-2-6-14-28)42(32-19-11-12-20-33(32)46-34)36(41-44-38)27-21-23-29(39)24-22-27/h2-24,34H,25H2,1H3. The number of nitrogens with zero attached hydrogens (tertiary/aromatic N) is 4. The summed E-state index contributed by atoms with van der Waals surface area (Å²) in [6.07, 6.45) is 0.626. The lowest BCUT2D eigenvalue weighted by atomic mass is 9.92. The zero-order valence-corrected chi connectivity index (χ0v) is 27.3. The topological polar surface area (TPSA) is 42.6 Å². The zero-order chi connectivity index (χ0) is 31.1. The summed E-state index contributed by atoms with van der Waals surface area (Å²) in [4.78, 5) is 11.3. The van der Waals surface area contributed by atoms with Crippen molar-refractivity contribution >= 4 is 46.6 Å². The molecule has 0 bridgehead atoms. The summed E-state index contributed by atoms with van der Waals surface area (Å²) in [6.45, 7) is 2.12. The van der Waals surface area contributed by atoms with Gasteiger partial charge in [0.1, 0.15) is 5.03 Å². The fourth-order valence-corrected chi connectivity index (χ4v) is 9.07. The zero-order valence-electron chi connectivity index (χ0n) is 25.0. The number of thioether (sulfide) groups is 1. The number of oxime groups is 1. The van der Waals surface area contributed by atoms with Gasteiger partial charge in [-0.1, -0.05) is 107 Å². The first-order valence-electron chi connectivity index (χ1n) is 15.1. The molecular formula is C38H29ClN4OS2. The Hall–Kier alpha value is -4.43. The quantitative estimate of drug-likeness (QED) is 0.178. The van der Waals surface area contributed by atoms with Crippen LogP contribution in [0.2, 0.25) is 5.02 Å². The number of fused-ring (bicyclic) bond motifs is 3. The normalized spacial score (nSPS) is 18.7. The molecule has 8 heteroatoms. The third-order valence-corrected chi connectivity index (χ3v) is 11.0. The van der Waals surface area contributed by atoms with E-state index < -0.39 is 5.72 Å². The number of anilines is 1. The monoisotopic (exact) mass is 656 g/mol. The van der Waals surface area contributed by atoms with E-state index in [0.717, 1.165) is 48.8 Å². The lowest BCUT2D eigenvalue weighted by Gasteiger charge is -2.37. The Morgan fingerprint density at radius 1 is 0.804 bits per heavy atom. The average Bonchev–Trinajstić information content (AvgIpc) is 3.59. The molecule has 2 aliphatic rings. The molecule has 0 saturated heterocycles. The van der Waals surface area contributed by atoms with Crippen LogP contribution >= 0.6 is 35.1 Å². The van der Waals surface area contributed by atoms with Gasteiger partial charge in [-0.3, -0.25) is 4.90 Å². The second kappa shape index (κ2) is 12.1. The van der Waals surface area contributed by atoms with E-state index in [-0.39, 0.29) is 5.25 Å². The Morgan fingerprint density at radius 2 is 1.46 bits per heavy atom. The Bertz CT molecular complexity index is 2030. The number of benzene rings is 5. The van der Waals surface area contributed by atoms with Crippen molar-refractivity contribution in [3.63, 3.8) is 0 Å². The number of halogens is 1. The lowest BCUT2D eigenvalue weighted by molar-refractivity contribution is -0.0284. The van der Waals surface area contributed by atoms with Gasteiger partial charge in [-0.05, 0) is 67.6 Å². The maximum absolute atomic E-state index is 6.74. The molecule has 6 aromatic rings. The number of amidine groups is 1. The molecule has 46 heavy (non-hydrogen) atoms. The summed E-state index contributed by atoms with van der Waals surface area (Å²) in [5.74, 6) is 0.754. The summed E-state index contributed by atoms with van der Waals surface area (Å²) in [6, 6.07) is 47.7. The average molecular weight is 657 g/mol. The van der Waals surface area contributed by atoms with Crippen LogP contribution in [0.15, 0.2) is 159 Å². The molecule has 0 fully saturated rings. The van der Waals surface area contributed by atoms with Gasteiger partial charge >= 0.3 is 0 Å². The minimum atomic E-state index is -0.906. The minimum absolute atomic E-state index is 0.0187. The van der Waals surface area contributed by atoms with Crippen molar-refractivity contribution in [2.75, 3.05) is 4.90 Å². The van der Waals surface area contributed by atoms with Crippen molar-refractivity contribution in [2.24, 2.45) is 5.16 Å². The Kier molecular flexibility index (Phi) is 7.61. The smallest absolute Gasteiger partial charge is 0.242 e. The maximum atomic E-state index is 6.74. The number of aryl methyl sites for hydroxylation is 1. The highest BCUT2D eigenvalue weighted by Gasteiger charge is 2.53. The van der Waals surface area contributed by atoms with Crippen molar-refractivity contribution in [1.29, 1.82) is 0 Å². The van der Waals surface area contributed by atoms with E-state index >= 15 is 0 Å². The molecule has 2 unspecified atom stereocenters. The maximum Gasteiger partial charge on any atom is 0.242 e. The first-order valence-corrected chi connectivity index (χ1v) is 17.2. The first kappa shape index (κ1) is 29.0. The minimum Gasteiger partial charge on any atom is -0.360 e. The van der Waals surface area contributed by atoms with E-state index in [1.165, 1.54) is 5.56 Å². The Balaban J connectivity index is 1.34. The predicted octanol–water partition coefficient (Wildman–Crippen LogP) is 10.3. The van der Waals surface area contributed by atoms with Gasteiger partial charge in [0, 0.05) is 43.2 Å². The Morgan fingerprint density at radius 3 is 2.20 bits per heavy atom. The summed E-state index contributed by atoms with van der Waals surface area (Å²) >= 11 is 9.92. The SMILES string of the molecule is Cc1nn(-c2ccccc2)c(Sc2ccccc2)c1C1CC2(c3ccccc3)ON=C(c3ccc(Cl)cc3)N2c2ccccc2S1. The molecule has 5 nitrogen and oxygen atoms in total. The van der Waals surface area contributed by atoms with Gasteiger partial charge < -0.3 is 4.84 Å². The molecule has 5 aromatic carbocycles. The molecule has 0 aliphatic carbocycles. The summed E-state index contributed by atoms with van der Waals surface area (Å²) in [7, 11) is 0. The van der Waals surface area contributed by atoms with Crippen LogP contribution in [0.4, 0.5) is 5.69 Å². The summed E-state index contributed by atoms with van der Waals surface area (Å²) in [5, 5.41) is 11.8. The van der Waals surface area contributed by atoms with Gasteiger partial charge in [0.15, 0.2) is 5.84 Å². The molecule has 0 amide bonds. The van der Waals surface area contributed by atoms with Crippen LogP contribution in [0.5, 0.6) is 0 Å². The van der Waals surface area contributed by atoms with Crippen LogP contribution in [-0.2, 0) is 10.6 Å². The molecule has 226 valence electrons. The lowest BCUT2D eigenvalue weighted by Crippen LogP contribution is -2.47. The molecule has 2 aliphatic heterocycles. The van der Waals surface area contributed by atoms with Crippen molar-refractivity contribution in [3.8, 4) is 5.69 Å². The van der Waals surface area contributed by atoms with Crippen LogP contribution in [-0.4, -0.2) is 15.6 Å². The van der Waals surface area contributed by atoms with Crippen molar-refractivity contribution in [2.45, 2.75) is 39.1 Å². The molecule has 0 N–H and O–H groups in total. The van der Waals surface area contributed by atoms with Gasteiger partial charge in [-0.2, -0.15) is 5.10 Å². The second-order valence-corrected chi connectivity index (χ2v) is 14.0. The molecule has 0 spiro atoms. The van der Waals surface area contributed by atoms with E-state index in [9.17, 15) is 0 Å². The number of hydrogen-bond acceptors (Lipinski definition) is 6. The van der Waals surface area contributed by atoms with Gasteiger partial charge in [-0.15, -0.1) is 11.8 Å². The first-order chi connectivity index (χ1) is 22.6. The fraction of sp³-hybridized carbons (Fsp3) is 0.105. The summed E-state index contributed by atoms with van der Waals surface area (Å²) in [5.41, 5.74) is 5.33. The van der Waals surface area contributed by atoms with Crippen LogP contribution < -0.4 is 4.90 Å². The molecule has 0 saturated carbocycles. The Labute approximate surface area is 281 Å². The van der Waals surface area contributed by atoms with E-state index in [0.29, 0.717) is 11.4 Å². The second-order valence-electron chi connectivity index (χ2n) is 11.2. The van der Waals surface area contributed by atoms with Crippen LogP contribution in [0.1, 0.15) is 34.1 Å². The molecular weight excluding hydrogens is 628 g/mol. The van der Waals surface area contributed by atoms with Crippen LogP contribution in [0, 0.1) is 6.92 Å². The highest BCUT2D eigenvalue weighted by molar-refractivity contribution is 8.00. The highest BCUT2D eigenvalue weighted by atomic mass is 35.5. The fourth-order valence-electron chi connectivity index (χ4n) is 6.27. The van der Waals surface area contributed by atoms with E-state index in [2.05, 4.69) is 120 Å². The summed E-state index contributed by atoms with van der Waals surface area (Å²) < 4.78 is 2.10. The van der Waals surface area contributed by atoms with Gasteiger partial charge in [-0.25, -0.2) is 4.68 Å². The van der Waals surface area contributed by atoms with Crippen molar-refractivity contribution in [1.82, 2.24) is 9.78 Å². The van der Waals surface area contributed by atoms with E-state index in [4.69, 9.17) is 26.7 Å².